The molecule has 0 aliphatic rings. The van der Waals surface area contributed by atoms with Gasteiger partial charge < -0.3 is 4.74 Å². The van der Waals surface area contributed by atoms with E-state index in [-0.39, 0.29) is 0 Å². The molecule has 0 unspecified atom stereocenters. The van der Waals surface area contributed by atoms with Gasteiger partial charge in [0.25, 0.3) is 0 Å². The van der Waals surface area contributed by atoms with Crippen molar-refractivity contribution in [1.82, 2.24) is 4.98 Å². The van der Waals surface area contributed by atoms with Crippen LogP contribution in [0.25, 0.3) is 0 Å². The number of hydrogen-bond donors (Lipinski definition) is 0. The van der Waals surface area contributed by atoms with Crippen molar-refractivity contribution in [1.29, 1.82) is 0 Å². The van der Waals surface area contributed by atoms with Gasteiger partial charge in [0.2, 0.25) is 5.88 Å². The lowest BCUT2D eigenvalue weighted by Crippen LogP contribution is -1.85. The molecular formula is C6H5BrNO. The summed E-state index contributed by atoms with van der Waals surface area (Å²) in [4.78, 5) is 3.93. The van der Waals surface area contributed by atoms with Crippen LogP contribution in [0.2, 0.25) is 0 Å². The number of halogens is 1. The van der Waals surface area contributed by atoms with Gasteiger partial charge >= 0.3 is 0 Å². The maximum Gasteiger partial charge on any atom is 0.214 e. The van der Waals surface area contributed by atoms with Crippen LogP contribution in [0.15, 0.2) is 16.7 Å². The molecule has 0 bridgehead atoms. The van der Waals surface area contributed by atoms with Gasteiger partial charge in [-0.1, -0.05) is 0 Å². The predicted molar refractivity (Wildman–Crippen MR) is 37.3 cm³/mol. The summed E-state index contributed by atoms with van der Waals surface area (Å²) >= 11 is 3.16. The molecule has 0 amide bonds. The van der Waals surface area contributed by atoms with Crippen LogP contribution in [0.3, 0.4) is 0 Å². The van der Waals surface area contributed by atoms with E-state index in [1.165, 1.54) is 0 Å². The minimum absolute atomic E-state index is 0.598. The molecule has 0 atom stereocenters. The van der Waals surface area contributed by atoms with Crippen LogP contribution in [-0.2, 0) is 0 Å². The lowest BCUT2D eigenvalue weighted by Gasteiger charge is -1.95. The second kappa shape index (κ2) is 2.82. The molecule has 0 aliphatic heterocycles. The fourth-order valence-corrected chi connectivity index (χ4v) is 0.769. The first-order chi connectivity index (χ1) is 4.33. The first-order valence-electron chi connectivity index (χ1n) is 2.41. The van der Waals surface area contributed by atoms with Crippen LogP contribution in [0.4, 0.5) is 0 Å². The van der Waals surface area contributed by atoms with Crippen molar-refractivity contribution in [3.63, 3.8) is 0 Å². The number of ether oxygens (including phenoxy) is 1. The van der Waals surface area contributed by atoms with Crippen molar-refractivity contribution in [2.24, 2.45) is 0 Å². The van der Waals surface area contributed by atoms with Crippen molar-refractivity contribution in [3.8, 4) is 5.88 Å². The van der Waals surface area contributed by atoms with E-state index in [2.05, 4.69) is 27.0 Å². The molecule has 47 valence electrons. The Morgan fingerprint density at radius 2 is 2.56 bits per heavy atom. The molecule has 1 radical (unpaired) electrons. The average Bonchev–Trinajstić information content (AvgIpc) is 1.88. The molecule has 3 heteroatoms. The molecule has 2 nitrogen and oxygen atoms in total. The van der Waals surface area contributed by atoms with Crippen molar-refractivity contribution in [2.75, 3.05) is 7.11 Å². The second-order valence-corrected chi connectivity index (χ2v) is 2.17. The fraction of sp³-hybridized carbons (Fsp3) is 0.167. The summed E-state index contributed by atoms with van der Waals surface area (Å²) in [5.41, 5.74) is 0. The largest absolute Gasteiger partial charge is 0.481 e. The topological polar surface area (TPSA) is 22.1 Å². The summed E-state index contributed by atoms with van der Waals surface area (Å²) in [6.45, 7) is 0. The average molecular weight is 187 g/mol. The number of pyridine rings is 1. The molecule has 0 saturated carbocycles. The van der Waals surface area contributed by atoms with E-state index >= 15 is 0 Å². The number of aromatic nitrogens is 1. The third-order valence-electron chi connectivity index (χ3n) is 0.846. The molecule has 0 aliphatic carbocycles. The Balaban J connectivity index is 2.94. The van der Waals surface area contributed by atoms with Crippen LogP contribution >= 0.6 is 15.9 Å². The molecular weight excluding hydrogens is 182 g/mol. The highest BCUT2D eigenvalue weighted by Crippen LogP contribution is 2.09. The number of hydrogen-bond acceptors (Lipinski definition) is 2. The molecule has 1 heterocycles. The zero-order valence-corrected chi connectivity index (χ0v) is 6.47. The highest BCUT2D eigenvalue weighted by atomic mass is 79.9. The first-order valence-corrected chi connectivity index (χ1v) is 3.20. The summed E-state index contributed by atoms with van der Waals surface area (Å²) in [6, 6.07) is 6.32. The molecule has 1 aromatic heterocycles. The van der Waals surface area contributed by atoms with E-state index in [0.29, 0.717) is 10.5 Å². The Labute approximate surface area is 62.0 Å². The highest BCUT2D eigenvalue weighted by molar-refractivity contribution is 9.10. The lowest BCUT2D eigenvalue weighted by molar-refractivity contribution is 0.397. The first kappa shape index (κ1) is 6.55. The third-order valence-corrected chi connectivity index (χ3v) is 1.25. The monoisotopic (exact) mass is 186 g/mol. The minimum atomic E-state index is 0.598. The van der Waals surface area contributed by atoms with Gasteiger partial charge in [-0.3, -0.25) is 0 Å². The maximum atomic E-state index is 4.83. The van der Waals surface area contributed by atoms with Crippen LogP contribution in [0.1, 0.15) is 0 Å². The zero-order valence-electron chi connectivity index (χ0n) is 4.89. The maximum absolute atomic E-state index is 4.83. The summed E-state index contributed by atoms with van der Waals surface area (Å²) in [5.74, 6) is 0.598. The minimum Gasteiger partial charge on any atom is -0.481 e. The Morgan fingerprint density at radius 3 is 3.00 bits per heavy atom. The summed E-state index contributed by atoms with van der Waals surface area (Å²) < 4.78 is 5.50. The highest BCUT2D eigenvalue weighted by Gasteiger charge is 1.90. The van der Waals surface area contributed by atoms with Gasteiger partial charge in [-0.05, 0) is 22.0 Å². The Morgan fingerprint density at radius 1 is 1.78 bits per heavy atom. The molecule has 0 saturated heterocycles. The van der Waals surface area contributed by atoms with Gasteiger partial charge in [0.15, 0.2) is 0 Å². The molecule has 0 aromatic carbocycles. The van der Waals surface area contributed by atoms with E-state index in [9.17, 15) is 0 Å². The number of nitrogens with zero attached hydrogens (tertiary/aromatic N) is 1. The van der Waals surface area contributed by atoms with Gasteiger partial charge in [0.1, 0.15) is 4.60 Å². The van der Waals surface area contributed by atoms with E-state index in [0.717, 1.165) is 0 Å². The van der Waals surface area contributed by atoms with Crippen LogP contribution in [-0.4, -0.2) is 12.1 Å². The molecule has 0 N–H and O–H groups in total. The summed E-state index contributed by atoms with van der Waals surface area (Å²) in [7, 11) is 1.58. The van der Waals surface area contributed by atoms with Crippen LogP contribution < -0.4 is 4.74 Å². The van der Waals surface area contributed by atoms with Crippen molar-refractivity contribution < 1.29 is 4.74 Å². The van der Waals surface area contributed by atoms with E-state index in [1.807, 2.05) is 0 Å². The Bertz CT molecular complexity index is 202. The Kier molecular flexibility index (Phi) is 2.05. The van der Waals surface area contributed by atoms with Gasteiger partial charge in [0, 0.05) is 12.1 Å². The quantitative estimate of drug-likeness (QED) is 0.623. The van der Waals surface area contributed by atoms with E-state index in [1.54, 1.807) is 19.2 Å². The van der Waals surface area contributed by atoms with Crippen LogP contribution in [0.5, 0.6) is 5.88 Å². The number of methoxy groups -OCH3 is 1. The zero-order chi connectivity index (χ0) is 6.69. The molecule has 1 aromatic rings. The summed E-state index contributed by atoms with van der Waals surface area (Å²) in [6.07, 6.45) is 0. The van der Waals surface area contributed by atoms with E-state index in [4.69, 9.17) is 4.74 Å². The van der Waals surface area contributed by atoms with Crippen molar-refractivity contribution in [3.05, 3.63) is 22.8 Å². The third kappa shape index (κ3) is 1.68. The SMILES string of the molecule is COc1cc[c]c(Br)n1. The smallest absolute Gasteiger partial charge is 0.214 e. The van der Waals surface area contributed by atoms with E-state index < -0.39 is 0 Å². The molecule has 0 fully saturated rings. The molecule has 1 rings (SSSR count). The normalized spacial score (nSPS) is 9.11. The van der Waals surface area contributed by atoms with Crippen LogP contribution in [0, 0.1) is 6.07 Å². The van der Waals surface area contributed by atoms with Gasteiger partial charge in [-0.15, -0.1) is 0 Å². The lowest BCUT2D eigenvalue weighted by atomic mass is 10.5. The molecule has 0 spiro atoms. The number of rotatable bonds is 1. The predicted octanol–water partition coefficient (Wildman–Crippen LogP) is 1.65. The van der Waals surface area contributed by atoms with Gasteiger partial charge in [0.05, 0.1) is 7.11 Å². The fourth-order valence-electron chi connectivity index (χ4n) is 0.462. The van der Waals surface area contributed by atoms with Crippen molar-refractivity contribution >= 4 is 15.9 Å². The van der Waals surface area contributed by atoms with Gasteiger partial charge in [-0.25, -0.2) is 4.98 Å². The summed E-state index contributed by atoms with van der Waals surface area (Å²) in [5, 5.41) is 0. The van der Waals surface area contributed by atoms with Crippen molar-refractivity contribution in [2.45, 2.75) is 0 Å². The standard InChI is InChI=1S/C6H5BrNO/c1-9-6-4-2-3-5(7)8-6/h2,4H,1H3. The second-order valence-electron chi connectivity index (χ2n) is 1.42. The molecule has 9 heavy (non-hydrogen) atoms. The van der Waals surface area contributed by atoms with Gasteiger partial charge in [-0.2, -0.15) is 0 Å². The Hall–Kier alpha value is -0.570.